The van der Waals surface area contributed by atoms with Crippen LogP contribution in [0.25, 0.3) is 0 Å². The highest BCUT2D eigenvalue weighted by Crippen LogP contribution is 2.03. The molecule has 0 saturated carbocycles. The Bertz CT molecular complexity index is 475. The van der Waals surface area contributed by atoms with Gasteiger partial charge in [0.25, 0.3) is 0 Å². The molecular formula is C9H12N4O2S. The number of pyridine rings is 1. The monoisotopic (exact) mass is 240 g/mol. The fourth-order valence-electron chi connectivity index (χ4n) is 0.980. The number of aromatic nitrogens is 1. The Morgan fingerprint density at radius 1 is 1.50 bits per heavy atom. The van der Waals surface area contributed by atoms with E-state index in [0.717, 1.165) is 0 Å². The number of nitrogens with one attached hydrogen (secondary N) is 2. The molecule has 1 heterocycles. The van der Waals surface area contributed by atoms with Crippen LogP contribution in [-0.4, -0.2) is 32.7 Å². The van der Waals surface area contributed by atoms with Gasteiger partial charge >= 0.3 is 0 Å². The zero-order valence-corrected chi connectivity index (χ0v) is 9.58. The van der Waals surface area contributed by atoms with Gasteiger partial charge in [-0.3, -0.25) is 0 Å². The smallest absolute Gasteiger partial charge is 0.213 e. The SMILES string of the molecule is CNS(=O)(=O)CCNc1ccc(C#N)cn1. The summed E-state index contributed by atoms with van der Waals surface area (Å²) in [5, 5.41) is 11.4. The molecule has 0 aromatic carbocycles. The van der Waals surface area contributed by atoms with Gasteiger partial charge in [0.05, 0.1) is 11.3 Å². The van der Waals surface area contributed by atoms with Crippen molar-refractivity contribution in [3.05, 3.63) is 23.9 Å². The summed E-state index contributed by atoms with van der Waals surface area (Å²) in [4.78, 5) is 3.95. The Kier molecular flexibility index (Phi) is 4.22. The van der Waals surface area contributed by atoms with Crippen molar-refractivity contribution < 1.29 is 8.42 Å². The van der Waals surface area contributed by atoms with Gasteiger partial charge in [-0.1, -0.05) is 0 Å². The molecule has 1 aromatic rings. The van der Waals surface area contributed by atoms with Crippen molar-refractivity contribution in [3.63, 3.8) is 0 Å². The quantitative estimate of drug-likeness (QED) is 0.750. The molecule has 0 radical (unpaired) electrons. The minimum absolute atomic E-state index is 0.0226. The van der Waals surface area contributed by atoms with Gasteiger partial charge in [-0.2, -0.15) is 5.26 Å². The number of hydrogen-bond acceptors (Lipinski definition) is 5. The molecule has 7 heteroatoms. The number of anilines is 1. The Morgan fingerprint density at radius 2 is 2.25 bits per heavy atom. The van der Waals surface area contributed by atoms with Crippen molar-refractivity contribution in [2.45, 2.75) is 0 Å². The summed E-state index contributed by atoms with van der Waals surface area (Å²) >= 11 is 0. The molecule has 0 spiro atoms. The maximum absolute atomic E-state index is 11.1. The minimum Gasteiger partial charge on any atom is -0.369 e. The van der Waals surface area contributed by atoms with E-state index >= 15 is 0 Å². The van der Waals surface area contributed by atoms with Gasteiger partial charge in [-0.05, 0) is 19.2 Å². The number of nitrogens with zero attached hydrogens (tertiary/aromatic N) is 2. The minimum atomic E-state index is -3.20. The molecule has 0 aliphatic rings. The van der Waals surface area contributed by atoms with Crippen LogP contribution in [0.2, 0.25) is 0 Å². The van der Waals surface area contributed by atoms with Gasteiger partial charge in [-0.25, -0.2) is 18.1 Å². The highest BCUT2D eigenvalue weighted by atomic mass is 32.2. The van der Waals surface area contributed by atoms with E-state index in [1.165, 1.54) is 13.2 Å². The van der Waals surface area contributed by atoms with Crippen molar-refractivity contribution in [2.24, 2.45) is 0 Å². The third-order valence-corrected chi connectivity index (χ3v) is 3.24. The zero-order chi connectivity index (χ0) is 12.0. The van der Waals surface area contributed by atoms with Crippen LogP contribution < -0.4 is 10.0 Å². The first-order valence-corrected chi connectivity index (χ1v) is 6.24. The van der Waals surface area contributed by atoms with E-state index in [-0.39, 0.29) is 12.3 Å². The molecule has 0 atom stereocenters. The summed E-state index contributed by atoms with van der Waals surface area (Å²) in [6, 6.07) is 5.19. The van der Waals surface area contributed by atoms with E-state index in [9.17, 15) is 8.42 Å². The van der Waals surface area contributed by atoms with Crippen LogP contribution in [0.4, 0.5) is 5.82 Å². The molecule has 2 N–H and O–H groups in total. The second-order valence-electron chi connectivity index (χ2n) is 2.99. The lowest BCUT2D eigenvalue weighted by molar-refractivity contribution is 0.588. The molecule has 0 unspecified atom stereocenters. The Morgan fingerprint density at radius 3 is 2.75 bits per heavy atom. The maximum atomic E-state index is 11.1. The molecule has 0 aliphatic carbocycles. The van der Waals surface area contributed by atoms with Crippen molar-refractivity contribution >= 4 is 15.8 Å². The molecule has 16 heavy (non-hydrogen) atoms. The predicted octanol–water partition coefficient (Wildman–Crippen LogP) is -0.0856. The second-order valence-corrected chi connectivity index (χ2v) is 5.04. The van der Waals surface area contributed by atoms with Crippen LogP contribution in [-0.2, 0) is 10.0 Å². The van der Waals surface area contributed by atoms with Crippen LogP contribution in [0.15, 0.2) is 18.3 Å². The summed E-state index contributed by atoms with van der Waals surface area (Å²) < 4.78 is 24.4. The van der Waals surface area contributed by atoms with E-state index in [1.807, 2.05) is 6.07 Å². The van der Waals surface area contributed by atoms with Crippen LogP contribution in [0.3, 0.4) is 0 Å². The highest BCUT2D eigenvalue weighted by molar-refractivity contribution is 7.89. The van der Waals surface area contributed by atoms with Crippen LogP contribution in [0, 0.1) is 11.3 Å². The molecule has 0 bridgehead atoms. The summed E-state index contributed by atoms with van der Waals surface area (Å²) in [5.41, 5.74) is 0.466. The molecule has 0 fully saturated rings. The number of sulfonamides is 1. The van der Waals surface area contributed by atoms with Gasteiger partial charge in [0.15, 0.2) is 0 Å². The molecular weight excluding hydrogens is 228 g/mol. The topological polar surface area (TPSA) is 94.9 Å². The van der Waals surface area contributed by atoms with E-state index in [4.69, 9.17) is 5.26 Å². The molecule has 1 rings (SSSR count). The fourth-order valence-corrected chi connectivity index (χ4v) is 1.56. The second kappa shape index (κ2) is 5.44. The molecule has 86 valence electrons. The summed E-state index contributed by atoms with van der Waals surface area (Å²) in [6.45, 7) is 0.266. The van der Waals surface area contributed by atoms with Crippen molar-refractivity contribution in [2.75, 3.05) is 24.7 Å². The van der Waals surface area contributed by atoms with Gasteiger partial charge < -0.3 is 5.32 Å². The maximum Gasteiger partial charge on any atom is 0.213 e. The number of hydrogen-bond donors (Lipinski definition) is 2. The lowest BCUT2D eigenvalue weighted by Crippen LogP contribution is -2.26. The summed E-state index contributed by atoms with van der Waals surface area (Å²) in [6.07, 6.45) is 1.43. The normalized spacial score (nSPS) is 10.8. The van der Waals surface area contributed by atoms with Crippen molar-refractivity contribution in [1.29, 1.82) is 5.26 Å². The Hall–Kier alpha value is -1.65. The highest BCUT2D eigenvalue weighted by Gasteiger charge is 2.05. The van der Waals surface area contributed by atoms with Gasteiger partial charge in [0.1, 0.15) is 11.9 Å². The largest absolute Gasteiger partial charge is 0.369 e. The molecule has 1 aromatic heterocycles. The number of rotatable bonds is 5. The average Bonchev–Trinajstić information content (AvgIpc) is 2.30. The fraction of sp³-hybridized carbons (Fsp3) is 0.333. The van der Waals surface area contributed by atoms with Crippen LogP contribution in [0.5, 0.6) is 0 Å². The molecule has 0 amide bonds. The first-order valence-electron chi connectivity index (χ1n) is 4.58. The average molecular weight is 240 g/mol. The third-order valence-electron chi connectivity index (χ3n) is 1.88. The van der Waals surface area contributed by atoms with Gasteiger partial charge in [-0.15, -0.1) is 0 Å². The van der Waals surface area contributed by atoms with Crippen molar-refractivity contribution in [1.82, 2.24) is 9.71 Å². The molecule has 0 saturated heterocycles. The van der Waals surface area contributed by atoms with Crippen LogP contribution >= 0.6 is 0 Å². The predicted molar refractivity (Wildman–Crippen MR) is 60.3 cm³/mol. The standard InChI is InChI=1S/C9H12N4O2S/c1-11-16(14,15)5-4-12-9-3-2-8(6-10)7-13-9/h2-3,7,11H,4-5H2,1H3,(H,12,13). The Balaban J connectivity index is 2.47. The zero-order valence-electron chi connectivity index (χ0n) is 8.77. The van der Waals surface area contributed by atoms with Crippen LogP contribution in [0.1, 0.15) is 5.56 Å². The summed E-state index contributed by atoms with van der Waals surface area (Å²) in [5.74, 6) is 0.524. The summed E-state index contributed by atoms with van der Waals surface area (Å²) in [7, 11) is -1.82. The van der Waals surface area contributed by atoms with E-state index in [2.05, 4.69) is 15.0 Å². The van der Waals surface area contributed by atoms with E-state index < -0.39 is 10.0 Å². The molecule has 6 nitrogen and oxygen atoms in total. The van der Waals surface area contributed by atoms with Crippen molar-refractivity contribution in [3.8, 4) is 6.07 Å². The van der Waals surface area contributed by atoms with E-state index in [1.54, 1.807) is 12.1 Å². The Labute approximate surface area is 94.4 Å². The first-order chi connectivity index (χ1) is 7.57. The first kappa shape index (κ1) is 12.4. The lowest BCUT2D eigenvalue weighted by atomic mass is 10.3. The lowest BCUT2D eigenvalue weighted by Gasteiger charge is -2.05. The van der Waals surface area contributed by atoms with Gasteiger partial charge in [0.2, 0.25) is 10.0 Å². The van der Waals surface area contributed by atoms with Gasteiger partial charge in [0, 0.05) is 12.7 Å². The van der Waals surface area contributed by atoms with E-state index in [0.29, 0.717) is 11.4 Å². The third kappa shape index (κ3) is 3.84. The number of nitriles is 1. The molecule has 0 aliphatic heterocycles.